The number of ether oxygens (including phenoxy) is 1. The normalized spacial score (nSPS) is 11.0. The second kappa shape index (κ2) is 6.88. The molecule has 1 N–H and O–H groups in total. The molecule has 0 radical (unpaired) electrons. The molecule has 0 bridgehead atoms. The molecule has 0 aliphatic heterocycles. The van der Waals surface area contributed by atoms with Gasteiger partial charge in [-0.1, -0.05) is 0 Å². The summed E-state index contributed by atoms with van der Waals surface area (Å²) in [7, 11) is 0. The maximum atomic E-state index is 12.3. The van der Waals surface area contributed by atoms with Gasteiger partial charge in [-0.25, -0.2) is 0 Å². The van der Waals surface area contributed by atoms with E-state index in [0.29, 0.717) is 6.20 Å². The number of carbonyl (C=O) groups is 2. The van der Waals surface area contributed by atoms with Crippen LogP contribution in [0.3, 0.4) is 0 Å². The number of esters is 1. The fraction of sp³-hybridized carbons (Fsp3) is 0.417. The van der Waals surface area contributed by atoms with Gasteiger partial charge < -0.3 is 10.1 Å². The first kappa shape index (κ1) is 15.9. The Bertz CT molecular complexity index is 472. The Kier molecular flexibility index (Phi) is 5.48. The second-order valence-corrected chi connectivity index (χ2v) is 3.74. The van der Waals surface area contributed by atoms with E-state index in [1.165, 1.54) is 0 Å². The van der Waals surface area contributed by atoms with E-state index >= 15 is 0 Å². The molecule has 0 aliphatic carbocycles. The molecule has 0 saturated carbocycles. The van der Waals surface area contributed by atoms with Crippen LogP contribution in [0.25, 0.3) is 0 Å². The molecule has 5 nitrogen and oxygen atoms in total. The second-order valence-electron chi connectivity index (χ2n) is 3.74. The van der Waals surface area contributed by atoms with E-state index in [2.05, 4.69) is 15.0 Å². The number of nitrogens with zero attached hydrogens (tertiary/aromatic N) is 1. The molecule has 1 rings (SSSR count). The fourth-order valence-corrected chi connectivity index (χ4v) is 1.30. The molecule has 0 spiro atoms. The Morgan fingerprint density at radius 3 is 2.55 bits per heavy atom. The van der Waals surface area contributed by atoms with Gasteiger partial charge in [0.2, 0.25) is 0 Å². The van der Waals surface area contributed by atoms with E-state index in [0.717, 1.165) is 12.1 Å². The highest BCUT2D eigenvalue weighted by molar-refractivity contribution is 5.92. The zero-order valence-corrected chi connectivity index (χ0v) is 10.7. The molecule has 0 unspecified atom stereocenters. The van der Waals surface area contributed by atoms with Crippen molar-refractivity contribution in [1.29, 1.82) is 0 Å². The molecule has 0 atom stereocenters. The maximum absolute atomic E-state index is 12.3. The van der Waals surface area contributed by atoms with E-state index < -0.39 is 23.6 Å². The van der Waals surface area contributed by atoms with Crippen molar-refractivity contribution in [2.75, 3.05) is 13.2 Å². The van der Waals surface area contributed by atoms with Crippen LogP contribution in [0, 0.1) is 0 Å². The van der Waals surface area contributed by atoms with E-state index in [4.69, 9.17) is 0 Å². The van der Waals surface area contributed by atoms with Gasteiger partial charge in [0.05, 0.1) is 18.6 Å². The molecular weight excluding hydrogens is 277 g/mol. The standard InChI is InChI=1S/C12H13F3N2O3/c1-2-20-10(18)5-6-16-11(19)9-4-3-8(7-17-9)12(13,14)15/h3-4,7H,2,5-6H2,1H3,(H,16,19). The molecule has 1 heterocycles. The van der Waals surface area contributed by atoms with E-state index in [1.54, 1.807) is 6.92 Å². The average Bonchev–Trinajstić information content (AvgIpc) is 2.38. The van der Waals surface area contributed by atoms with Gasteiger partial charge in [0.25, 0.3) is 5.91 Å². The summed E-state index contributed by atoms with van der Waals surface area (Å²) in [5.74, 6) is -1.11. The predicted octanol–water partition coefficient (Wildman–Crippen LogP) is 1.78. The average molecular weight is 290 g/mol. The molecule has 0 fully saturated rings. The van der Waals surface area contributed by atoms with E-state index in [-0.39, 0.29) is 25.3 Å². The van der Waals surface area contributed by atoms with Crippen LogP contribution in [0.1, 0.15) is 29.4 Å². The van der Waals surface area contributed by atoms with Crippen LogP contribution in [0.15, 0.2) is 18.3 Å². The molecule has 1 aromatic rings. The van der Waals surface area contributed by atoms with Crippen LogP contribution >= 0.6 is 0 Å². The van der Waals surface area contributed by atoms with Gasteiger partial charge in [0.15, 0.2) is 0 Å². The first-order valence-electron chi connectivity index (χ1n) is 5.81. The zero-order chi connectivity index (χ0) is 15.2. The summed E-state index contributed by atoms with van der Waals surface area (Å²) in [6.45, 7) is 1.93. The lowest BCUT2D eigenvalue weighted by molar-refractivity contribution is -0.143. The first-order chi connectivity index (χ1) is 9.34. The van der Waals surface area contributed by atoms with Crippen LogP contribution in [0.4, 0.5) is 13.2 Å². The fourth-order valence-electron chi connectivity index (χ4n) is 1.30. The van der Waals surface area contributed by atoms with Gasteiger partial charge in [-0.3, -0.25) is 14.6 Å². The highest BCUT2D eigenvalue weighted by Crippen LogP contribution is 2.28. The first-order valence-corrected chi connectivity index (χ1v) is 5.81. The summed E-state index contributed by atoms with van der Waals surface area (Å²) in [4.78, 5) is 26.0. The van der Waals surface area contributed by atoms with Crippen molar-refractivity contribution >= 4 is 11.9 Å². The van der Waals surface area contributed by atoms with Gasteiger partial charge in [-0.15, -0.1) is 0 Å². The van der Waals surface area contributed by atoms with Crippen molar-refractivity contribution in [3.8, 4) is 0 Å². The van der Waals surface area contributed by atoms with Gasteiger partial charge >= 0.3 is 12.1 Å². The molecule has 1 aromatic heterocycles. The van der Waals surface area contributed by atoms with Crippen molar-refractivity contribution in [3.05, 3.63) is 29.6 Å². The molecular formula is C12H13F3N2O3. The molecule has 8 heteroatoms. The van der Waals surface area contributed by atoms with E-state index in [1.807, 2.05) is 0 Å². The van der Waals surface area contributed by atoms with Crippen LogP contribution in [-0.2, 0) is 15.7 Å². The van der Waals surface area contributed by atoms with Crippen molar-refractivity contribution in [2.24, 2.45) is 0 Å². The Hall–Kier alpha value is -2.12. The third kappa shape index (κ3) is 4.87. The minimum atomic E-state index is -4.49. The minimum absolute atomic E-state index is 0.0137. The Labute approximate surface area is 113 Å². The van der Waals surface area contributed by atoms with Crippen molar-refractivity contribution < 1.29 is 27.5 Å². The quantitative estimate of drug-likeness (QED) is 0.839. The molecule has 1 amide bonds. The third-order valence-corrected chi connectivity index (χ3v) is 2.24. The third-order valence-electron chi connectivity index (χ3n) is 2.24. The Morgan fingerprint density at radius 2 is 2.05 bits per heavy atom. The number of hydrogen-bond donors (Lipinski definition) is 1. The highest BCUT2D eigenvalue weighted by Gasteiger charge is 2.30. The number of nitrogens with one attached hydrogen (secondary N) is 1. The SMILES string of the molecule is CCOC(=O)CCNC(=O)c1ccc(C(F)(F)F)cn1. The number of pyridine rings is 1. The number of carbonyl (C=O) groups excluding carboxylic acids is 2. The van der Waals surface area contributed by atoms with Crippen molar-refractivity contribution in [3.63, 3.8) is 0 Å². The zero-order valence-electron chi connectivity index (χ0n) is 10.7. The Balaban J connectivity index is 2.50. The number of halogens is 3. The van der Waals surface area contributed by atoms with Crippen LogP contribution in [0.2, 0.25) is 0 Å². The summed E-state index contributed by atoms with van der Waals surface area (Å²) in [5, 5.41) is 2.36. The van der Waals surface area contributed by atoms with Gasteiger partial charge in [0, 0.05) is 12.7 Å². The van der Waals surface area contributed by atoms with E-state index in [9.17, 15) is 22.8 Å². The lowest BCUT2D eigenvalue weighted by atomic mass is 10.2. The number of alkyl halides is 3. The van der Waals surface area contributed by atoms with Crippen LogP contribution < -0.4 is 5.32 Å². The van der Waals surface area contributed by atoms with Crippen molar-refractivity contribution in [1.82, 2.24) is 10.3 Å². The number of hydrogen-bond acceptors (Lipinski definition) is 4. The van der Waals surface area contributed by atoms with Crippen molar-refractivity contribution in [2.45, 2.75) is 19.5 Å². The minimum Gasteiger partial charge on any atom is -0.466 e. The van der Waals surface area contributed by atoms with Gasteiger partial charge in [-0.2, -0.15) is 13.2 Å². The highest BCUT2D eigenvalue weighted by atomic mass is 19.4. The number of amides is 1. The smallest absolute Gasteiger partial charge is 0.417 e. The molecule has 0 aliphatic rings. The molecule has 110 valence electrons. The maximum Gasteiger partial charge on any atom is 0.417 e. The van der Waals surface area contributed by atoms with Crippen LogP contribution in [-0.4, -0.2) is 30.0 Å². The number of aromatic nitrogens is 1. The lowest BCUT2D eigenvalue weighted by Gasteiger charge is -2.07. The summed E-state index contributed by atoms with van der Waals surface area (Å²) >= 11 is 0. The molecule has 20 heavy (non-hydrogen) atoms. The summed E-state index contributed by atoms with van der Waals surface area (Å²) < 4.78 is 41.5. The molecule has 0 saturated heterocycles. The summed E-state index contributed by atoms with van der Waals surface area (Å²) in [5.41, 5.74) is -1.08. The Morgan fingerprint density at radius 1 is 1.35 bits per heavy atom. The monoisotopic (exact) mass is 290 g/mol. The number of rotatable bonds is 5. The van der Waals surface area contributed by atoms with Gasteiger partial charge in [0.1, 0.15) is 5.69 Å². The predicted molar refractivity (Wildman–Crippen MR) is 62.8 cm³/mol. The summed E-state index contributed by atoms with van der Waals surface area (Å²) in [6, 6.07) is 1.75. The molecule has 0 aromatic carbocycles. The lowest BCUT2D eigenvalue weighted by Crippen LogP contribution is -2.27. The summed E-state index contributed by atoms with van der Waals surface area (Å²) in [6.07, 6.45) is -3.92. The largest absolute Gasteiger partial charge is 0.466 e. The van der Waals surface area contributed by atoms with Gasteiger partial charge in [-0.05, 0) is 19.1 Å². The topological polar surface area (TPSA) is 68.3 Å². The van der Waals surface area contributed by atoms with Crippen LogP contribution in [0.5, 0.6) is 0 Å².